The van der Waals surface area contributed by atoms with Gasteiger partial charge in [-0.1, -0.05) is 6.92 Å². The van der Waals surface area contributed by atoms with Gasteiger partial charge in [-0.2, -0.15) is 0 Å². The lowest BCUT2D eigenvalue weighted by atomic mass is 10.5. The molecule has 56 valence electrons. The number of hydrogen-bond donors (Lipinski definition) is 0. The molecule has 1 heterocycles. The Kier molecular flexibility index (Phi) is 7.25. The summed E-state index contributed by atoms with van der Waals surface area (Å²) in [6.45, 7) is 5.51. The maximum Gasteiger partial charge on any atom is 0.169 e. The van der Waals surface area contributed by atoms with E-state index in [1.54, 1.807) is 0 Å². The summed E-state index contributed by atoms with van der Waals surface area (Å²) in [5.41, 5.74) is 0. The average molecular weight is 139 g/mol. The minimum atomic E-state index is 0.778. The van der Waals surface area contributed by atoms with Gasteiger partial charge in [-0.05, 0) is 6.92 Å². The maximum absolute atomic E-state index is 4.65. The van der Waals surface area contributed by atoms with Crippen molar-refractivity contribution in [2.45, 2.75) is 20.3 Å². The van der Waals surface area contributed by atoms with E-state index < -0.39 is 0 Å². The van der Waals surface area contributed by atoms with E-state index in [2.05, 4.69) is 21.6 Å². The molecule has 1 aliphatic heterocycles. The van der Waals surface area contributed by atoms with Crippen LogP contribution >= 0.6 is 0 Å². The quantitative estimate of drug-likeness (QED) is 0.466. The van der Waals surface area contributed by atoms with Crippen LogP contribution in [-0.2, 0) is 4.74 Å². The number of rotatable bonds is 0. The lowest BCUT2D eigenvalue weighted by Gasteiger charge is -1.76. The van der Waals surface area contributed by atoms with E-state index >= 15 is 0 Å². The molecule has 0 saturated carbocycles. The highest BCUT2D eigenvalue weighted by molar-refractivity contribution is 5.47. The topological polar surface area (TPSA) is 21.6 Å². The van der Waals surface area contributed by atoms with E-state index in [9.17, 15) is 0 Å². The van der Waals surface area contributed by atoms with E-state index in [-0.39, 0.29) is 0 Å². The first-order valence-electron chi connectivity index (χ1n) is 3.41. The molecule has 10 heavy (non-hydrogen) atoms. The molecule has 2 heteroatoms. The summed E-state index contributed by atoms with van der Waals surface area (Å²) in [4.78, 5) is 3.74. The van der Waals surface area contributed by atoms with Crippen molar-refractivity contribution in [3.63, 3.8) is 0 Å². The first kappa shape index (κ1) is 9.03. The van der Waals surface area contributed by atoms with E-state index in [1.807, 2.05) is 13.8 Å². The lowest BCUT2D eigenvalue weighted by Crippen LogP contribution is -1.80. The zero-order valence-electron chi connectivity index (χ0n) is 6.55. The smallest absolute Gasteiger partial charge is 0.169 e. The molecule has 0 aromatic heterocycles. The minimum absolute atomic E-state index is 0.778. The molecule has 0 N–H and O–H groups in total. The fraction of sp³-hybridized carbons (Fsp3) is 0.625. The van der Waals surface area contributed by atoms with Crippen LogP contribution in [0.5, 0.6) is 0 Å². The molecule has 0 spiro atoms. The summed E-state index contributed by atoms with van der Waals surface area (Å²) < 4.78 is 4.65. The van der Waals surface area contributed by atoms with Crippen molar-refractivity contribution in [2.75, 3.05) is 13.2 Å². The van der Waals surface area contributed by atoms with Gasteiger partial charge in [0.25, 0.3) is 0 Å². The number of ether oxygens (including phenoxy) is 1. The molecule has 0 aromatic rings. The Hall–Kier alpha value is -0.970. The SMILES string of the molecule is C1=NCCO1.CC#CCC. The molecule has 0 radical (unpaired) electrons. The van der Waals surface area contributed by atoms with Crippen LogP contribution in [0, 0.1) is 11.8 Å². The molecule has 1 aliphatic rings. The summed E-state index contributed by atoms with van der Waals surface area (Å²) in [5, 5.41) is 0. The van der Waals surface area contributed by atoms with Crippen LogP contribution in [0.4, 0.5) is 0 Å². The van der Waals surface area contributed by atoms with Gasteiger partial charge < -0.3 is 4.74 Å². The molecule has 0 amide bonds. The summed E-state index contributed by atoms with van der Waals surface area (Å²) in [6.07, 6.45) is 2.47. The second-order valence-corrected chi connectivity index (χ2v) is 1.66. The predicted molar refractivity (Wildman–Crippen MR) is 43.1 cm³/mol. The van der Waals surface area contributed by atoms with Gasteiger partial charge in [0.1, 0.15) is 6.61 Å². The minimum Gasteiger partial charge on any atom is -0.482 e. The molecule has 0 saturated heterocycles. The molecule has 2 nitrogen and oxygen atoms in total. The third kappa shape index (κ3) is 7.03. The van der Waals surface area contributed by atoms with Crippen LogP contribution in [0.3, 0.4) is 0 Å². The average Bonchev–Trinajstić information content (AvgIpc) is 2.44. The molecular weight excluding hydrogens is 126 g/mol. The van der Waals surface area contributed by atoms with E-state index in [1.165, 1.54) is 6.40 Å². The maximum atomic E-state index is 4.65. The van der Waals surface area contributed by atoms with Crippen molar-refractivity contribution in [1.82, 2.24) is 0 Å². The van der Waals surface area contributed by atoms with Crippen LogP contribution in [0.15, 0.2) is 4.99 Å². The number of hydrogen-bond acceptors (Lipinski definition) is 2. The number of aliphatic imine (C=N–C) groups is 1. The first-order chi connectivity index (χ1) is 4.91. The van der Waals surface area contributed by atoms with Gasteiger partial charge >= 0.3 is 0 Å². The van der Waals surface area contributed by atoms with Gasteiger partial charge in [0, 0.05) is 6.42 Å². The highest BCUT2D eigenvalue weighted by atomic mass is 16.5. The Balaban J connectivity index is 0.000000162. The molecule has 0 aromatic carbocycles. The molecule has 0 aliphatic carbocycles. The third-order valence-electron chi connectivity index (χ3n) is 0.841. The van der Waals surface area contributed by atoms with Crippen LogP contribution in [0.25, 0.3) is 0 Å². The van der Waals surface area contributed by atoms with Crippen molar-refractivity contribution in [1.29, 1.82) is 0 Å². The van der Waals surface area contributed by atoms with Gasteiger partial charge in [0.05, 0.1) is 6.54 Å². The molecule has 0 atom stereocenters. The Labute approximate surface area is 62.3 Å². The van der Waals surface area contributed by atoms with Crippen molar-refractivity contribution in [3.05, 3.63) is 0 Å². The fourth-order valence-electron chi connectivity index (χ4n) is 0.440. The second-order valence-electron chi connectivity index (χ2n) is 1.66. The monoisotopic (exact) mass is 139 g/mol. The Bertz CT molecular complexity index is 135. The van der Waals surface area contributed by atoms with Crippen LogP contribution in [0.1, 0.15) is 20.3 Å². The zero-order valence-corrected chi connectivity index (χ0v) is 6.55. The van der Waals surface area contributed by atoms with E-state index in [0.717, 1.165) is 19.6 Å². The summed E-state index contributed by atoms with van der Waals surface area (Å²) in [5.74, 6) is 5.63. The van der Waals surface area contributed by atoms with Gasteiger partial charge in [0.15, 0.2) is 6.40 Å². The van der Waals surface area contributed by atoms with Crippen molar-refractivity contribution in [3.8, 4) is 11.8 Å². The molecule has 0 bridgehead atoms. The molecule has 0 fully saturated rings. The van der Waals surface area contributed by atoms with Gasteiger partial charge in [0.2, 0.25) is 0 Å². The molecular formula is C8H13NO. The van der Waals surface area contributed by atoms with Crippen molar-refractivity contribution < 1.29 is 4.74 Å². The second kappa shape index (κ2) is 8.03. The predicted octanol–water partition coefficient (Wildman–Crippen LogP) is 1.46. The van der Waals surface area contributed by atoms with Crippen molar-refractivity contribution in [2.24, 2.45) is 4.99 Å². The normalized spacial score (nSPS) is 12.2. The summed E-state index contributed by atoms with van der Waals surface area (Å²) in [7, 11) is 0. The Morgan fingerprint density at radius 1 is 1.70 bits per heavy atom. The first-order valence-corrected chi connectivity index (χ1v) is 3.41. The number of nitrogens with zero attached hydrogens (tertiary/aromatic N) is 1. The van der Waals surface area contributed by atoms with Crippen LogP contribution in [-0.4, -0.2) is 19.6 Å². The Morgan fingerprint density at radius 2 is 2.50 bits per heavy atom. The standard InChI is InChI=1S/C5H8.C3H5NO/c1-3-5-4-2;1-2-5-3-4-1/h3H2,1-2H3;3H,1-2H2. The van der Waals surface area contributed by atoms with Gasteiger partial charge in [-0.15, -0.1) is 11.8 Å². The lowest BCUT2D eigenvalue weighted by molar-refractivity contribution is 0.361. The zero-order chi connectivity index (χ0) is 7.66. The molecule has 0 unspecified atom stereocenters. The fourth-order valence-corrected chi connectivity index (χ4v) is 0.440. The van der Waals surface area contributed by atoms with Crippen LogP contribution in [0.2, 0.25) is 0 Å². The highest BCUT2D eigenvalue weighted by Gasteiger charge is 1.84. The van der Waals surface area contributed by atoms with Gasteiger partial charge in [-0.3, -0.25) is 4.99 Å². The van der Waals surface area contributed by atoms with Crippen LogP contribution < -0.4 is 0 Å². The van der Waals surface area contributed by atoms with E-state index in [4.69, 9.17) is 0 Å². The summed E-state index contributed by atoms with van der Waals surface area (Å²) in [6, 6.07) is 0. The third-order valence-corrected chi connectivity index (χ3v) is 0.841. The molecule has 1 rings (SSSR count). The van der Waals surface area contributed by atoms with E-state index in [0.29, 0.717) is 0 Å². The summed E-state index contributed by atoms with van der Waals surface area (Å²) >= 11 is 0. The Morgan fingerprint density at radius 3 is 2.60 bits per heavy atom. The van der Waals surface area contributed by atoms with Gasteiger partial charge in [-0.25, -0.2) is 0 Å². The highest BCUT2D eigenvalue weighted by Crippen LogP contribution is 1.78. The largest absolute Gasteiger partial charge is 0.482 e. The van der Waals surface area contributed by atoms with Crippen molar-refractivity contribution >= 4 is 6.40 Å².